The van der Waals surface area contributed by atoms with Gasteiger partial charge in [-0.2, -0.15) is 0 Å². The molecular formula is C15H13N3S. The molecule has 2 aromatic heterocycles. The van der Waals surface area contributed by atoms with Crippen LogP contribution in [0.2, 0.25) is 0 Å². The standard InChI is InChI=1S/C15H13N3S/c16-14(19)9-11-4-6-12(7-5-11)13-10-18-8-2-1-3-15(18)17-13/h1-8,10H,9H2,(H2,16,19). The molecule has 2 heterocycles. The van der Waals surface area contributed by atoms with Crippen molar-refractivity contribution in [1.82, 2.24) is 9.38 Å². The first-order chi connectivity index (χ1) is 9.22. The lowest BCUT2D eigenvalue weighted by Crippen LogP contribution is -2.10. The van der Waals surface area contributed by atoms with Gasteiger partial charge in [-0.1, -0.05) is 42.5 Å². The van der Waals surface area contributed by atoms with Crippen LogP contribution in [-0.2, 0) is 6.42 Å². The number of nitrogens with zero attached hydrogens (tertiary/aromatic N) is 2. The van der Waals surface area contributed by atoms with E-state index >= 15 is 0 Å². The molecule has 0 bridgehead atoms. The van der Waals surface area contributed by atoms with Crippen LogP contribution < -0.4 is 5.73 Å². The van der Waals surface area contributed by atoms with Gasteiger partial charge in [0, 0.05) is 24.4 Å². The van der Waals surface area contributed by atoms with E-state index in [1.807, 2.05) is 47.1 Å². The molecule has 0 spiro atoms. The molecule has 0 aliphatic carbocycles. The Morgan fingerprint density at radius 3 is 2.63 bits per heavy atom. The summed E-state index contributed by atoms with van der Waals surface area (Å²) >= 11 is 4.91. The number of pyridine rings is 1. The Bertz CT molecular complexity index is 695. The van der Waals surface area contributed by atoms with Crippen LogP contribution in [-0.4, -0.2) is 14.4 Å². The van der Waals surface area contributed by atoms with Crippen LogP contribution in [0.1, 0.15) is 5.56 Å². The summed E-state index contributed by atoms with van der Waals surface area (Å²) in [7, 11) is 0. The Morgan fingerprint density at radius 2 is 1.95 bits per heavy atom. The van der Waals surface area contributed by atoms with Gasteiger partial charge in [-0.05, 0) is 17.7 Å². The minimum Gasteiger partial charge on any atom is -0.393 e. The number of aromatic nitrogens is 2. The van der Waals surface area contributed by atoms with Gasteiger partial charge in [-0.25, -0.2) is 4.98 Å². The van der Waals surface area contributed by atoms with E-state index in [4.69, 9.17) is 18.0 Å². The Balaban J connectivity index is 1.95. The summed E-state index contributed by atoms with van der Waals surface area (Å²) in [5, 5.41) is 0. The number of hydrogen-bond donors (Lipinski definition) is 1. The molecule has 0 amide bonds. The van der Waals surface area contributed by atoms with Crippen molar-refractivity contribution < 1.29 is 0 Å². The molecule has 0 saturated heterocycles. The Hall–Kier alpha value is -2.20. The number of nitrogens with two attached hydrogens (primary N) is 1. The number of thiocarbonyl (C=S) groups is 1. The molecule has 0 aliphatic heterocycles. The quantitative estimate of drug-likeness (QED) is 0.742. The summed E-state index contributed by atoms with van der Waals surface area (Å²) in [5.74, 6) is 0. The second-order valence-electron chi connectivity index (χ2n) is 4.43. The first-order valence-electron chi connectivity index (χ1n) is 6.04. The molecule has 0 unspecified atom stereocenters. The van der Waals surface area contributed by atoms with Crippen molar-refractivity contribution >= 4 is 22.9 Å². The Kier molecular flexibility index (Phi) is 3.01. The zero-order valence-corrected chi connectivity index (χ0v) is 11.1. The van der Waals surface area contributed by atoms with Gasteiger partial charge in [0.05, 0.1) is 10.7 Å². The van der Waals surface area contributed by atoms with Crippen molar-refractivity contribution in [2.24, 2.45) is 5.73 Å². The predicted octanol–water partition coefficient (Wildman–Crippen LogP) is 2.83. The van der Waals surface area contributed by atoms with Crippen LogP contribution in [0.25, 0.3) is 16.9 Å². The van der Waals surface area contributed by atoms with Crippen LogP contribution in [0.3, 0.4) is 0 Å². The van der Waals surface area contributed by atoms with Crippen LogP contribution >= 0.6 is 12.2 Å². The van der Waals surface area contributed by atoms with E-state index in [1.165, 1.54) is 0 Å². The highest BCUT2D eigenvalue weighted by Gasteiger charge is 2.04. The van der Waals surface area contributed by atoms with Crippen LogP contribution in [0.15, 0.2) is 54.9 Å². The third-order valence-electron chi connectivity index (χ3n) is 2.99. The van der Waals surface area contributed by atoms with Crippen LogP contribution in [0.4, 0.5) is 0 Å². The van der Waals surface area contributed by atoms with Gasteiger partial charge >= 0.3 is 0 Å². The maximum atomic E-state index is 5.54. The summed E-state index contributed by atoms with van der Waals surface area (Å²) in [4.78, 5) is 5.10. The fraction of sp³-hybridized carbons (Fsp3) is 0.0667. The van der Waals surface area contributed by atoms with E-state index in [2.05, 4.69) is 17.1 Å². The van der Waals surface area contributed by atoms with E-state index in [0.717, 1.165) is 22.5 Å². The minimum atomic E-state index is 0.514. The molecular weight excluding hydrogens is 254 g/mol. The summed E-state index contributed by atoms with van der Waals surface area (Å²) < 4.78 is 2.01. The number of fused-ring (bicyclic) bond motifs is 1. The Labute approximate surface area is 116 Å². The van der Waals surface area contributed by atoms with Gasteiger partial charge in [0.15, 0.2) is 0 Å². The highest BCUT2D eigenvalue weighted by molar-refractivity contribution is 7.80. The van der Waals surface area contributed by atoms with Gasteiger partial charge in [-0.15, -0.1) is 0 Å². The minimum absolute atomic E-state index is 0.514. The number of rotatable bonds is 3. The molecule has 3 nitrogen and oxygen atoms in total. The molecule has 0 saturated carbocycles. The number of hydrogen-bond acceptors (Lipinski definition) is 2. The molecule has 3 rings (SSSR count). The van der Waals surface area contributed by atoms with E-state index in [0.29, 0.717) is 11.4 Å². The van der Waals surface area contributed by atoms with Crippen molar-refractivity contribution in [3.05, 3.63) is 60.4 Å². The highest BCUT2D eigenvalue weighted by atomic mass is 32.1. The molecule has 1 aromatic carbocycles. The van der Waals surface area contributed by atoms with Gasteiger partial charge in [0.2, 0.25) is 0 Å². The first kappa shape index (κ1) is 11.9. The van der Waals surface area contributed by atoms with Crippen LogP contribution in [0.5, 0.6) is 0 Å². The van der Waals surface area contributed by atoms with Gasteiger partial charge in [0.1, 0.15) is 5.65 Å². The normalized spacial score (nSPS) is 10.7. The molecule has 4 heteroatoms. The fourth-order valence-electron chi connectivity index (χ4n) is 2.07. The molecule has 94 valence electrons. The molecule has 0 radical (unpaired) electrons. The monoisotopic (exact) mass is 267 g/mol. The Morgan fingerprint density at radius 1 is 1.16 bits per heavy atom. The molecule has 0 fully saturated rings. The summed E-state index contributed by atoms with van der Waals surface area (Å²) in [6.07, 6.45) is 4.66. The molecule has 0 atom stereocenters. The SMILES string of the molecule is NC(=S)Cc1ccc(-c2cn3ccccc3n2)cc1. The lowest BCUT2D eigenvalue weighted by atomic mass is 10.1. The van der Waals surface area contributed by atoms with Crippen molar-refractivity contribution in [2.45, 2.75) is 6.42 Å². The zero-order valence-electron chi connectivity index (χ0n) is 10.3. The van der Waals surface area contributed by atoms with Gasteiger partial charge in [-0.3, -0.25) is 0 Å². The number of benzene rings is 1. The van der Waals surface area contributed by atoms with E-state index < -0.39 is 0 Å². The lowest BCUT2D eigenvalue weighted by Gasteiger charge is -2.01. The molecule has 2 N–H and O–H groups in total. The third-order valence-corrected chi connectivity index (χ3v) is 3.14. The van der Waals surface area contributed by atoms with Gasteiger partial charge in [0.25, 0.3) is 0 Å². The molecule has 0 aliphatic rings. The highest BCUT2D eigenvalue weighted by Crippen LogP contribution is 2.19. The topological polar surface area (TPSA) is 43.3 Å². The smallest absolute Gasteiger partial charge is 0.137 e. The third kappa shape index (κ3) is 2.48. The second-order valence-corrected chi connectivity index (χ2v) is 4.96. The van der Waals surface area contributed by atoms with E-state index in [1.54, 1.807) is 0 Å². The first-order valence-corrected chi connectivity index (χ1v) is 6.44. The van der Waals surface area contributed by atoms with Crippen molar-refractivity contribution in [2.75, 3.05) is 0 Å². The maximum Gasteiger partial charge on any atom is 0.137 e. The van der Waals surface area contributed by atoms with Crippen molar-refractivity contribution in [3.8, 4) is 11.3 Å². The van der Waals surface area contributed by atoms with Crippen molar-refractivity contribution in [3.63, 3.8) is 0 Å². The predicted molar refractivity (Wildman–Crippen MR) is 81.1 cm³/mol. The maximum absolute atomic E-state index is 5.54. The average molecular weight is 267 g/mol. The zero-order chi connectivity index (χ0) is 13.2. The van der Waals surface area contributed by atoms with Crippen LogP contribution in [0, 0.1) is 0 Å². The summed E-state index contributed by atoms with van der Waals surface area (Å²) in [6.45, 7) is 0. The van der Waals surface area contributed by atoms with Crippen molar-refractivity contribution in [1.29, 1.82) is 0 Å². The van der Waals surface area contributed by atoms with E-state index in [-0.39, 0.29) is 0 Å². The fourth-order valence-corrected chi connectivity index (χ4v) is 2.23. The average Bonchev–Trinajstić information content (AvgIpc) is 2.82. The van der Waals surface area contributed by atoms with E-state index in [9.17, 15) is 0 Å². The lowest BCUT2D eigenvalue weighted by molar-refractivity contribution is 1.19. The molecule has 19 heavy (non-hydrogen) atoms. The van der Waals surface area contributed by atoms with Gasteiger partial charge < -0.3 is 10.1 Å². The summed E-state index contributed by atoms with van der Waals surface area (Å²) in [6, 6.07) is 14.1. The molecule has 3 aromatic rings. The summed E-state index contributed by atoms with van der Waals surface area (Å²) in [5.41, 5.74) is 9.67. The number of imidazole rings is 1. The second kappa shape index (κ2) is 4.82. The largest absolute Gasteiger partial charge is 0.393 e.